The van der Waals surface area contributed by atoms with Crippen molar-refractivity contribution < 1.29 is 14.3 Å². The number of methoxy groups -OCH3 is 1. The van der Waals surface area contributed by atoms with Gasteiger partial charge in [0.1, 0.15) is 0 Å². The Bertz CT molecular complexity index is 461. The van der Waals surface area contributed by atoms with Crippen molar-refractivity contribution in [3.8, 4) is 11.5 Å². The van der Waals surface area contributed by atoms with Crippen molar-refractivity contribution in [3.05, 3.63) is 23.8 Å². The summed E-state index contributed by atoms with van der Waals surface area (Å²) in [5, 5.41) is 5.75. The van der Waals surface area contributed by atoms with Gasteiger partial charge in [-0.3, -0.25) is 4.79 Å². The zero-order valence-corrected chi connectivity index (χ0v) is 13.5. The van der Waals surface area contributed by atoms with E-state index >= 15 is 0 Å². The third kappa shape index (κ3) is 5.63. The molecule has 0 spiro atoms. The van der Waals surface area contributed by atoms with Crippen molar-refractivity contribution in [2.45, 2.75) is 26.8 Å². The molecule has 5 heteroatoms. The third-order valence-corrected chi connectivity index (χ3v) is 2.97. The zero-order valence-electron chi connectivity index (χ0n) is 13.5. The maximum absolute atomic E-state index is 11.6. The maximum Gasteiger partial charge on any atom is 0.234 e. The van der Waals surface area contributed by atoms with Crippen LogP contribution < -0.4 is 20.1 Å². The molecule has 0 fully saturated rings. The second kappa shape index (κ2) is 8.52. The van der Waals surface area contributed by atoms with E-state index in [0.29, 0.717) is 24.8 Å². The maximum atomic E-state index is 11.6. The molecule has 0 aromatic heterocycles. The van der Waals surface area contributed by atoms with Crippen LogP contribution in [0, 0.1) is 5.92 Å². The number of rotatable bonds is 8. The predicted octanol–water partition coefficient (Wildman–Crippen LogP) is 2.13. The first-order valence-corrected chi connectivity index (χ1v) is 7.22. The summed E-state index contributed by atoms with van der Waals surface area (Å²) < 4.78 is 11.1. The molecular weight excluding hydrogens is 268 g/mol. The summed E-state index contributed by atoms with van der Waals surface area (Å²) in [4.78, 5) is 11.6. The van der Waals surface area contributed by atoms with Crippen molar-refractivity contribution in [2.75, 3.05) is 27.3 Å². The van der Waals surface area contributed by atoms with Crippen LogP contribution >= 0.6 is 0 Å². The molecule has 118 valence electrons. The molecule has 0 aliphatic rings. The summed E-state index contributed by atoms with van der Waals surface area (Å²) in [6.45, 7) is 7.08. The van der Waals surface area contributed by atoms with Gasteiger partial charge in [0.05, 0.1) is 26.3 Å². The molecule has 0 aliphatic carbocycles. The van der Waals surface area contributed by atoms with Crippen LogP contribution in [-0.2, 0) is 4.79 Å². The Balaban J connectivity index is 2.78. The largest absolute Gasteiger partial charge is 0.493 e. The van der Waals surface area contributed by atoms with Crippen LogP contribution in [0.15, 0.2) is 18.2 Å². The fourth-order valence-corrected chi connectivity index (χ4v) is 1.87. The van der Waals surface area contributed by atoms with E-state index in [0.717, 1.165) is 11.3 Å². The number of amides is 1. The topological polar surface area (TPSA) is 59.6 Å². The number of benzene rings is 1. The first-order chi connectivity index (χ1) is 9.97. The molecule has 1 aromatic carbocycles. The van der Waals surface area contributed by atoms with Gasteiger partial charge in [-0.2, -0.15) is 0 Å². The van der Waals surface area contributed by atoms with Crippen LogP contribution in [0.3, 0.4) is 0 Å². The molecular formula is C16H26N2O3. The van der Waals surface area contributed by atoms with Crippen LogP contribution in [0.1, 0.15) is 32.4 Å². The molecule has 0 radical (unpaired) electrons. The van der Waals surface area contributed by atoms with Crippen molar-refractivity contribution in [3.63, 3.8) is 0 Å². The monoisotopic (exact) mass is 294 g/mol. The highest BCUT2D eigenvalue weighted by Gasteiger charge is 2.13. The van der Waals surface area contributed by atoms with Gasteiger partial charge in [0.15, 0.2) is 11.5 Å². The number of nitrogens with one attached hydrogen (secondary N) is 2. The van der Waals surface area contributed by atoms with Gasteiger partial charge >= 0.3 is 0 Å². The van der Waals surface area contributed by atoms with E-state index in [1.165, 1.54) is 0 Å². The Morgan fingerprint density at radius 3 is 2.52 bits per heavy atom. The first-order valence-electron chi connectivity index (χ1n) is 7.22. The number of hydrogen-bond donors (Lipinski definition) is 2. The highest BCUT2D eigenvalue weighted by molar-refractivity contribution is 5.78. The van der Waals surface area contributed by atoms with Gasteiger partial charge in [0.2, 0.25) is 5.91 Å². The fraction of sp³-hybridized carbons (Fsp3) is 0.562. The van der Waals surface area contributed by atoms with Gasteiger partial charge in [-0.25, -0.2) is 0 Å². The molecule has 0 bridgehead atoms. The van der Waals surface area contributed by atoms with Gasteiger partial charge in [0, 0.05) is 0 Å². The van der Waals surface area contributed by atoms with Gasteiger partial charge in [-0.15, -0.1) is 0 Å². The van der Waals surface area contributed by atoms with Crippen LogP contribution in [0.4, 0.5) is 0 Å². The van der Waals surface area contributed by atoms with E-state index in [4.69, 9.17) is 9.47 Å². The molecule has 0 heterocycles. The average Bonchev–Trinajstić information content (AvgIpc) is 2.44. The fourth-order valence-electron chi connectivity index (χ4n) is 1.87. The molecule has 1 aromatic rings. The highest BCUT2D eigenvalue weighted by Crippen LogP contribution is 2.30. The minimum absolute atomic E-state index is 0.0379. The quantitative estimate of drug-likeness (QED) is 0.771. The molecule has 21 heavy (non-hydrogen) atoms. The lowest BCUT2D eigenvalue weighted by Crippen LogP contribution is -2.33. The molecule has 0 saturated heterocycles. The third-order valence-electron chi connectivity index (χ3n) is 2.97. The van der Waals surface area contributed by atoms with E-state index in [9.17, 15) is 4.79 Å². The molecule has 1 rings (SSSR count). The van der Waals surface area contributed by atoms with Crippen LogP contribution in [0.25, 0.3) is 0 Å². The average molecular weight is 294 g/mol. The lowest BCUT2D eigenvalue weighted by molar-refractivity contribution is -0.120. The number of carbonyl (C=O) groups is 1. The molecule has 2 N–H and O–H groups in total. The predicted molar refractivity (Wildman–Crippen MR) is 83.8 cm³/mol. The van der Waals surface area contributed by atoms with Crippen molar-refractivity contribution in [1.82, 2.24) is 10.6 Å². The summed E-state index contributed by atoms with van der Waals surface area (Å²) >= 11 is 0. The Labute approximate surface area is 127 Å². The molecule has 0 saturated carbocycles. The Morgan fingerprint density at radius 2 is 1.95 bits per heavy atom. The standard InChI is InChI=1S/C16H26N2O3/c1-11(2)10-21-14-7-6-13(8-15(14)20-5)12(3)18-16(19)9-17-4/h6-8,11-12,17H,9-10H2,1-5H3,(H,18,19). The summed E-state index contributed by atoms with van der Waals surface area (Å²) in [6.07, 6.45) is 0. The summed E-state index contributed by atoms with van der Waals surface area (Å²) in [5.74, 6) is 1.82. The highest BCUT2D eigenvalue weighted by atomic mass is 16.5. The van der Waals surface area contributed by atoms with Crippen LogP contribution in [-0.4, -0.2) is 33.2 Å². The lowest BCUT2D eigenvalue weighted by Gasteiger charge is -2.17. The van der Waals surface area contributed by atoms with Crippen LogP contribution in [0.5, 0.6) is 11.5 Å². The zero-order chi connectivity index (χ0) is 15.8. The van der Waals surface area contributed by atoms with E-state index in [-0.39, 0.29) is 11.9 Å². The number of ether oxygens (including phenoxy) is 2. The molecule has 5 nitrogen and oxygen atoms in total. The van der Waals surface area contributed by atoms with Gasteiger partial charge in [-0.05, 0) is 37.6 Å². The smallest absolute Gasteiger partial charge is 0.234 e. The normalized spacial score (nSPS) is 12.1. The van der Waals surface area contributed by atoms with Crippen molar-refractivity contribution in [2.24, 2.45) is 5.92 Å². The second-order valence-electron chi connectivity index (χ2n) is 5.43. The second-order valence-corrected chi connectivity index (χ2v) is 5.43. The SMILES string of the molecule is CNCC(=O)NC(C)c1ccc(OCC(C)C)c(OC)c1. The minimum atomic E-state index is -0.0844. The number of likely N-dealkylation sites (N-methyl/N-ethyl adjacent to an activating group) is 1. The van der Waals surface area contributed by atoms with Crippen molar-refractivity contribution in [1.29, 1.82) is 0 Å². The Kier molecular flexibility index (Phi) is 7.02. The summed E-state index contributed by atoms with van der Waals surface area (Å²) in [7, 11) is 3.36. The summed E-state index contributed by atoms with van der Waals surface area (Å²) in [5.41, 5.74) is 0.980. The minimum Gasteiger partial charge on any atom is -0.493 e. The molecule has 0 aliphatic heterocycles. The number of hydrogen-bond acceptors (Lipinski definition) is 4. The van der Waals surface area contributed by atoms with Gasteiger partial charge < -0.3 is 20.1 Å². The molecule has 1 unspecified atom stereocenters. The van der Waals surface area contributed by atoms with Crippen molar-refractivity contribution >= 4 is 5.91 Å². The van der Waals surface area contributed by atoms with E-state index < -0.39 is 0 Å². The van der Waals surface area contributed by atoms with Gasteiger partial charge in [0.25, 0.3) is 0 Å². The molecule has 1 atom stereocenters. The van der Waals surface area contributed by atoms with Gasteiger partial charge in [-0.1, -0.05) is 19.9 Å². The molecule has 1 amide bonds. The lowest BCUT2D eigenvalue weighted by atomic mass is 10.1. The van der Waals surface area contributed by atoms with Crippen LogP contribution in [0.2, 0.25) is 0 Å². The first kappa shape index (κ1) is 17.3. The Hall–Kier alpha value is -1.75. The van der Waals surface area contributed by atoms with E-state index in [1.807, 2.05) is 25.1 Å². The number of carbonyl (C=O) groups excluding carboxylic acids is 1. The van der Waals surface area contributed by atoms with E-state index in [2.05, 4.69) is 24.5 Å². The summed E-state index contributed by atoms with van der Waals surface area (Å²) in [6, 6.07) is 5.65. The Morgan fingerprint density at radius 1 is 1.24 bits per heavy atom. The van der Waals surface area contributed by atoms with E-state index in [1.54, 1.807) is 14.2 Å².